The zero-order valence-electron chi connectivity index (χ0n) is 19.2. The van der Waals surface area contributed by atoms with Gasteiger partial charge in [0.05, 0.1) is 6.61 Å². The maximum absolute atomic E-state index is 13.7. The molecule has 2 aliphatic rings. The van der Waals surface area contributed by atoms with Crippen molar-refractivity contribution in [3.05, 3.63) is 66.0 Å². The monoisotopic (exact) mass is 453 g/mol. The summed E-state index contributed by atoms with van der Waals surface area (Å²) < 4.78 is 19.8. The summed E-state index contributed by atoms with van der Waals surface area (Å²) in [6, 6.07) is 15.3. The Labute approximate surface area is 194 Å². The first-order valence-corrected chi connectivity index (χ1v) is 11.6. The molecule has 2 saturated heterocycles. The molecule has 0 bridgehead atoms. The zero-order valence-corrected chi connectivity index (χ0v) is 19.2. The van der Waals surface area contributed by atoms with E-state index in [1.54, 1.807) is 17.0 Å². The van der Waals surface area contributed by atoms with Crippen LogP contribution in [0.3, 0.4) is 0 Å². The third kappa shape index (κ3) is 5.90. The molecule has 7 heteroatoms. The van der Waals surface area contributed by atoms with E-state index in [1.807, 2.05) is 35.2 Å². The van der Waals surface area contributed by atoms with Crippen molar-refractivity contribution in [3.8, 4) is 5.75 Å². The Morgan fingerprint density at radius 3 is 2.45 bits per heavy atom. The number of rotatable bonds is 6. The normalized spacial score (nSPS) is 21.6. The molecule has 4 rings (SSSR count). The Kier molecular flexibility index (Phi) is 7.28. The van der Waals surface area contributed by atoms with Crippen molar-refractivity contribution in [2.24, 2.45) is 5.41 Å². The molecule has 2 aromatic rings. The highest BCUT2D eigenvalue weighted by molar-refractivity contribution is 5.94. The molecule has 0 radical (unpaired) electrons. The van der Waals surface area contributed by atoms with E-state index in [1.165, 1.54) is 12.1 Å². The van der Waals surface area contributed by atoms with Gasteiger partial charge in [-0.2, -0.15) is 0 Å². The van der Waals surface area contributed by atoms with Gasteiger partial charge in [-0.1, -0.05) is 24.3 Å². The number of benzene rings is 2. The van der Waals surface area contributed by atoms with E-state index in [0.29, 0.717) is 31.7 Å². The molecule has 2 aromatic carbocycles. The van der Waals surface area contributed by atoms with Crippen molar-refractivity contribution in [1.29, 1.82) is 0 Å². The van der Waals surface area contributed by atoms with E-state index in [0.717, 1.165) is 44.8 Å². The molecule has 0 aromatic heterocycles. The maximum Gasteiger partial charge on any atom is 0.253 e. The van der Waals surface area contributed by atoms with Crippen LogP contribution in [0.15, 0.2) is 54.6 Å². The molecular formula is C26H32FN3O3. The molecule has 0 saturated carbocycles. The molecule has 0 aliphatic carbocycles. The number of halogens is 1. The van der Waals surface area contributed by atoms with Crippen LogP contribution >= 0.6 is 0 Å². The number of hydrogen-bond donors (Lipinski definition) is 0. The number of likely N-dealkylation sites (tertiary alicyclic amines) is 1. The number of carbonyl (C=O) groups excluding carboxylic acids is 2. The highest BCUT2D eigenvalue weighted by Gasteiger charge is 2.41. The average Bonchev–Trinajstić information content (AvgIpc) is 2.83. The number of para-hydroxylation sites is 1. The first kappa shape index (κ1) is 23.2. The Hall–Kier alpha value is -2.93. The third-order valence-electron chi connectivity index (χ3n) is 6.69. The Balaban J connectivity index is 1.52. The lowest BCUT2D eigenvalue weighted by Gasteiger charge is -2.43. The van der Waals surface area contributed by atoms with Crippen molar-refractivity contribution in [2.45, 2.75) is 19.3 Å². The number of carbonyl (C=O) groups is 2. The molecule has 0 spiro atoms. The van der Waals surface area contributed by atoms with Gasteiger partial charge in [0.15, 0.2) is 0 Å². The van der Waals surface area contributed by atoms with E-state index in [2.05, 4.69) is 11.9 Å². The number of ether oxygens (including phenoxy) is 1. The predicted octanol–water partition coefficient (Wildman–Crippen LogP) is 3.29. The van der Waals surface area contributed by atoms with Crippen LogP contribution in [0.25, 0.3) is 0 Å². The van der Waals surface area contributed by atoms with E-state index in [9.17, 15) is 14.0 Å². The Bertz CT molecular complexity index is 962. The predicted molar refractivity (Wildman–Crippen MR) is 125 cm³/mol. The van der Waals surface area contributed by atoms with E-state index >= 15 is 0 Å². The van der Waals surface area contributed by atoms with Crippen LogP contribution in [0.1, 0.15) is 29.6 Å². The quantitative estimate of drug-likeness (QED) is 0.674. The van der Waals surface area contributed by atoms with Gasteiger partial charge >= 0.3 is 0 Å². The second-order valence-electron chi connectivity index (χ2n) is 9.30. The van der Waals surface area contributed by atoms with Gasteiger partial charge in [0.25, 0.3) is 5.91 Å². The molecule has 1 atom stereocenters. The molecule has 6 nitrogen and oxygen atoms in total. The van der Waals surface area contributed by atoms with Crippen molar-refractivity contribution in [2.75, 3.05) is 52.9 Å². The minimum Gasteiger partial charge on any atom is -0.493 e. The van der Waals surface area contributed by atoms with E-state index in [4.69, 9.17) is 4.74 Å². The van der Waals surface area contributed by atoms with Crippen LogP contribution in [-0.4, -0.2) is 79.4 Å². The summed E-state index contributed by atoms with van der Waals surface area (Å²) in [5, 5.41) is 0. The van der Waals surface area contributed by atoms with Crippen molar-refractivity contribution in [1.82, 2.24) is 14.7 Å². The van der Waals surface area contributed by atoms with Gasteiger partial charge in [-0.3, -0.25) is 9.59 Å². The van der Waals surface area contributed by atoms with Crippen LogP contribution < -0.4 is 4.74 Å². The topological polar surface area (TPSA) is 53.1 Å². The summed E-state index contributed by atoms with van der Waals surface area (Å²) in [4.78, 5) is 32.3. The number of nitrogens with zero attached hydrogens (tertiary/aromatic N) is 3. The number of amides is 2. The van der Waals surface area contributed by atoms with E-state index < -0.39 is 11.2 Å². The average molecular weight is 454 g/mol. The van der Waals surface area contributed by atoms with Crippen molar-refractivity contribution in [3.63, 3.8) is 0 Å². The minimum atomic E-state index is -0.489. The molecule has 2 fully saturated rings. The fourth-order valence-corrected chi connectivity index (χ4v) is 4.74. The van der Waals surface area contributed by atoms with E-state index in [-0.39, 0.29) is 11.8 Å². The van der Waals surface area contributed by atoms with Crippen LogP contribution in [0.5, 0.6) is 5.75 Å². The fraction of sp³-hybridized carbons (Fsp3) is 0.462. The van der Waals surface area contributed by atoms with Crippen molar-refractivity contribution < 1.29 is 18.7 Å². The van der Waals surface area contributed by atoms with Gasteiger partial charge in [-0.25, -0.2) is 4.39 Å². The molecule has 176 valence electrons. The summed E-state index contributed by atoms with van der Waals surface area (Å²) in [5.74, 6) is 0.226. The summed E-state index contributed by atoms with van der Waals surface area (Å²) >= 11 is 0. The summed E-state index contributed by atoms with van der Waals surface area (Å²) in [7, 11) is 2.06. The van der Waals surface area contributed by atoms with Crippen molar-refractivity contribution >= 4 is 11.8 Å². The van der Waals surface area contributed by atoms with Gasteiger partial charge in [0.1, 0.15) is 11.6 Å². The lowest BCUT2D eigenvalue weighted by Crippen LogP contribution is -2.53. The first-order chi connectivity index (χ1) is 15.9. The summed E-state index contributed by atoms with van der Waals surface area (Å²) in [5.41, 5.74) is -0.155. The fourth-order valence-electron chi connectivity index (χ4n) is 4.74. The highest BCUT2D eigenvalue weighted by Crippen LogP contribution is 2.36. The second kappa shape index (κ2) is 10.3. The molecule has 2 amide bonds. The van der Waals surface area contributed by atoms with Gasteiger partial charge < -0.3 is 19.4 Å². The molecule has 1 unspecified atom stereocenters. The van der Waals surface area contributed by atoms with Crippen LogP contribution in [0.2, 0.25) is 0 Å². The minimum absolute atomic E-state index is 0.111. The number of piperidine rings is 1. The van der Waals surface area contributed by atoms with Gasteiger partial charge in [-0.05, 0) is 50.2 Å². The van der Waals surface area contributed by atoms with Gasteiger partial charge in [0.2, 0.25) is 5.91 Å². The molecule has 2 aliphatic heterocycles. The Morgan fingerprint density at radius 1 is 0.970 bits per heavy atom. The first-order valence-electron chi connectivity index (χ1n) is 11.6. The standard InChI is InChI=1S/C26H32FN3O3/c1-28-13-15-29(16-14-28)24(31)18-26(20-33-23-9-3-2-4-10-23)11-6-12-30(19-26)25(32)21-7-5-8-22(27)17-21/h2-5,7-10,17H,6,11-16,18-20H2,1H3. The zero-order chi connectivity index (χ0) is 23.3. The third-order valence-corrected chi connectivity index (χ3v) is 6.69. The maximum atomic E-state index is 13.7. The Morgan fingerprint density at radius 2 is 1.73 bits per heavy atom. The van der Waals surface area contributed by atoms with Crippen LogP contribution in [-0.2, 0) is 4.79 Å². The lowest BCUT2D eigenvalue weighted by atomic mass is 9.77. The lowest BCUT2D eigenvalue weighted by molar-refractivity contribution is -0.137. The molecule has 33 heavy (non-hydrogen) atoms. The SMILES string of the molecule is CN1CCN(C(=O)CC2(COc3ccccc3)CCCN(C(=O)c3cccc(F)c3)C2)CC1. The highest BCUT2D eigenvalue weighted by atomic mass is 19.1. The number of hydrogen-bond acceptors (Lipinski definition) is 4. The number of likely N-dealkylation sites (N-methyl/N-ethyl adjacent to an activating group) is 1. The van der Waals surface area contributed by atoms with Gasteiger partial charge in [-0.15, -0.1) is 0 Å². The molecule has 0 N–H and O–H groups in total. The summed E-state index contributed by atoms with van der Waals surface area (Å²) in [6.45, 7) is 4.52. The second-order valence-corrected chi connectivity index (χ2v) is 9.30. The smallest absolute Gasteiger partial charge is 0.253 e. The summed E-state index contributed by atoms with van der Waals surface area (Å²) in [6.07, 6.45) is 1.90. The van der Waals surface area contributed by atoms with Crippen LogP contribution in [0, 0.1) is 11.2 Å². The number of piperazine rings is 1. The van der Waals surface area contributed by atoms with Gasteiger partial charge in [0, 0.05) is 56.7 Å². The van der Waals surface area contributed by atoms with Crippen LogP contribution in [0.4, 0.5) is 4.39 Å². The molecule has 2 heterocycles. The largest absolute Gasteiger partial charge is 0.493 e. The molecular weight excluding hydrogens is 421 g/mol.